The highest BCUT2D eigenvalue weighted by atomic mass is 32.2. The highest BCUT2D eigenvalue weighted by molar-refractivity contribution is 7.93. The van der Waals surface area contributed by atoms with Crippen molar-refractivity contribution in [3.63, 3.8) is 0 Å². The number of aromatic carboxylic acids is 3. The number of carbonyl (C=O) groups is 3. The molecule has 0 radical (unpaired) electrons. The second-order valence-electron chi connectivity index (χ2n) is 26.9. The van der Waals surface area contributed by atoms with Crippen LogP contribution >= 0.6 is 12.1 Å². The lowest BCUT2D eigenvalue weighted by atomic mass is 9.90. The second-order valence-corrected chi connectivity index (χ2v) is 27.2. The molecule has 108 heavy (non-hydrogen) atoms. The van der Waals surface area contributed by atoms with Gasteiger partial charge in [0.15, 0.2) is 0 Å². The number of benzene rings is 9. The predicted molar refractivity (Wildman–Crippen MR) is 424 cm³/mol. The van der Waals surface area contributed by atoms with Crippen LogP contribution in [0.25, 0.3) is 83.2 Å². The van der Waals surface area contributed by atoms with Gasteiger partial charge in [-0.15, -0.1) is 0 Å². The number of ether oxygens (including phenoxy) is 3. The van der Waals surface area contributed by atoms with E-state index in [1.54, 1.807) is 72.8 Å². The van der Waals surface area contributed by atoms with Crippen LogP contribution in [0.15, 0.2) is 197 Å². The first-order chi connectivity index (χ1) is 51.2. The van der Waals surface area contributed by atoms with Crippen LogP contribution in [0, 0.1) is 17.5 Å². The molecule has 12 aromatic rings. The van der Waals surface area contributed by atoms with Crippen molar-refractivity contribution >= 4 is 81.4 Å². The predicted octanol–water partition coefficient (Wildman–Crippen LogP) is 21.0. The SMILES string of the molecule is C.C.C.CSF.O=C(O)c1ccc(-c2c(C3CCCOC3)n(-c3ccc(F)cc3)c3cc4c(cc23)CN=C4)cc1.O=C(O)c1ccc(-c2c(C3CCCOC3)n(-c3ccc(F)cc3)c3cc4c(cc23)CN=C4)cc1.O=C(O)c1ccc(-c2c(C3CCCOC3)n(-c3ccc(F)cc3)c3cc4c(cc23)CN=C4)cc1. The van der Waals surface area contributed by atoms with Crippen molar-refractivity contribution in [1.29, 1.82) is 0 Å². The van der Waals surface area contributed by atoms with E-state index in [0.717, 1.165) is 175 Å². The summed E-state index contributed by atoms with van der Waals surface area (Å²) < 4.78 is 76.0. The van der Waals surface area contributed by atoms with Gasteiger partial charge in [-0.3, -0.25) is 15.0 Å². The fourth-order valence-corrected chi connectivity index (χ4v) is 15.6. The molecular weight excluding hydrogens is 1390 g/mol. The molecule has 3 atom stereocenters. The number of aromatic nitrogens is 3. The molecule has 6 aliphatic heterocycles. The number of hydrogen-bond donors (Lipinski definition) is 3. The minimum absolute atomic E-state index is 0. The van der Waals surface area contributed by atoms with Gasteiger partial charge in [0.25, 0.3) is 0 Å². The number of hydrogen-bond acceptors (Lipinski definition) is 10. The summed E-state index contributed by atoms with van der Waals surface area (Å²) in [4.78, 5) is 47.7. The summed E-state index contributed by atoms with van der Waals surface area (Å²) in [6.07, 6.45) is 12.9. The number of nitrogens with zero attached hydrogens (tertiary/aromatic N) is 6. The van der Waals surface area contributed by atoms with E-state index in [0.29, 0.717) is 39.5 Å². The maximum atomic E-state index is 13.8. The number of halogens is 4. The van der Waals surface area contributed by atoms with Gasteiger partial charge in [-0.1, -0.05) is 58.7 Å². The van der Waals surface area contributed by atoms with E-state index < -0.39 is 17.9 Å². The molecule has 3 unspecified atom stereocenters. The Hall–Kier alpha value is -11.0. The molecule has 0 amide bonds. The molecule has 9 heterocycles. The van der Waals surface area contributed by atoms with Crippen LogP contribution in [0.3, 0.4) is 0 Å². The molecule has 0 saturated carbocycles. The lowest BCUT2D eigenvalue weighted by molar-refractivity contribution is 0.0686. The summed E-state index contributed by atoms with van der Waals surface area (Å²) in [5.41, 5.74) is 22.7. The summed E-state index contributed by atoms with van der Waals surface area (Å²) in [5.74, 6) is -3.21. The number of carboxylic acid groups (broad SMARTS) is 3. The molecule has 18 rings (SSSR count). The van der Waals surface area contributed by atoms with Crippen LogP contribution < -0.4 is 0 Å². The third-order valence-electron chi connectivity index (χ3n) is 20.4. The van der Waals surface area contributed by atoms with Crippen molar-refractivity contribution < 1.29 is 61.0 Å². The molecule has 3 fully saturated rings. The molecular formula is C88H84F4N6O9S. The summed E-state index contributed by atoms with van der Waals surface area (Å²) in [7, 11) is 0. The standard InChI is InChI=1S/3C28H23FN2O3.CH3FS.3CH4/c3*29-22-7-9-23(10-8-22)31-25-13-21-15-30-14-20(21)12-24(25)26(27(31)19-2-1-11-34-16-19)17-3-5-18(6-4-17)28(32)33;1-3-2;;;/h3*3-10,12-13,15,19H,1-2,11,14,16H2,(H,32,33);1H3;3*1H4. The second kappa shape index (κ2) is 33.4. The van der Waals surface area contributed by atoms with Crippen molar-refractivity contribution in [3.8, 4) is 50.4 Å². The summed E-state index contributed by atoms with van der Waals surface area (Å²) in [5, 5.41) is 31.4. The van der Waals surface area contributed by atoms with Crippen molar-refractivity contribution in [2.75, 3.05) is 45.9 Å². The summed E-state index contributed by atoms with van der Waals surface area (Å²) in [6.45, 7) is 6.02. The Morgan fingerprint density at radius 2 is 0.648 bits per heavy atom. The summed E-state index contributed by atoms with van der Waals surface area (Å²) >= 11 is 0.250. The molecule has 3 saturated heterocycles. The van der Waals surface area contributed by atoms with Gasteiger partial charge in [0, 0.05) is 142 Å². The lowest BCUT2D eigenvalue weighted by Crippen LogP contribution is -2.19. The number of fused-ring (bicyclic) bond motifs is 6. The topological polar surface area (TPSA) is 191 Å². The van der Waals surface area contributed by atoms with E-state index >= 15 is 0 Å². The molecule has 0 spiro atoms. The Kier molecular flexibility index (Phi) is 23.7. The van der Waals surface area contributed by atoms with E-state index in [4.69, 9.17) is 14.2 Å². The van der Waals surface area contributed by atoms with Crippen LogP contribution in [0.2, 0.25) is 0 Å². The zero-order valence-electron chi connectivity index (χ0n) is 57.3. The normalized spacial score (nSPS) is 16.5. The van der Waals surface area contributed by atoms with Crippen LogP contribution in [-0.4, -0.2) is 111 Å². The van der Waals surface area contributed by atoms with Gasteiger partial charge in [0.05, 0.1) is 72.7 Å². The Labute approximate surface area is 628 Å². The van der Waals surface area contributed by atoms with Crippen molar-refractivity contribution in [2.24, 2.45) is 15.0 Å². The average molecular weight is 1480 g/mol. The number of aliphatic imine (C=N–C) groups is 3. The van der Waals surface area contributed by atoms with Crippen molar-refractivity contribution in [3.05, 3.63) is 267 Å². The average Bonchev–Trinajstić information content (AvgIpc) is 1.59. The lowest BCUT2D eigenvalue weighted by Gasteiger charge is -2.26. The van der Waals surface area contributed by atoms with Gasteiger partial charge in [0.2, 0.25) is 0 Å². The monoisotopic (exact) mass is 1480 g/mol. The first-order valence-corrected chi connectivity index (χ1v) is 36.1. The highest BCUT2D eigenvalue weighted by Gasteiger charge is 2.33. The molecule has 554 valence electrons. The Balaban J connectivity index is 0.000000146. The van der Waals surface area contributed by atoms with E-state index in [1.165, 1.54) is 59.3 Å². The van der Waals surface area contributed by atoms with Crippen molar-refractivity contribution in [2.45, 2.75) is 98.2 Å². The smallest absolute Gasteiger partial charge is 0.335 e. The van der Waals surface area contributed by atoms with Gasteiger partial charge in [-0.05, 0) is 234 Å². The molecule has 0 bridgehead atoms. The minimum Gasteiger partial charge on any atom is -0.478 e. The molecule has 20 heteroatoms. The number of carboxylic acids is 3. The third kappa shape index (κ3) is 15.2. The maximum Gasteiger partial charge on any atom is 0.335 e. The van der Waals surface area contributed by atoms with Gasteiger partial charge in [-0.25, -0.2) is 27.6 Å². The zero-order valence-corrected chi connectivity index (χ0v) is 58.1. The van der Waals surface area contributed by atoms with E-state index in [1.807, 2.05) is 55.0 Å². The third-order valence-corrected chi connectivity index (χ3v) is 20.4. The van der Waals surface area contributed by atoms with Crippen LogP contribution in [0.1, 0.15) is 160 Å². The van der Waals surface area contributed by atoms with Gasteiger partial charge in [0.1, 0.15) is 17.5 Å². The van der Waals surface area contributed by atoms with Crippen LogP contribution in [-0.2, 0) is 33.8 Å². The fraction of sp³-hybridized carbons (Fsp3) is 0.250. The first kappa shape index (κ1) is 76.6. The molecule has 15 nitrogen and oxygen atoms in total. The quantitative estimate of drug-likeness (QED) is 0.0992. The van der Waals surface area contributed by atoms with E-state index in [9.17, 15) is 46.8 Å². The first-order valence-electron chi connectivity index (χ1n) is 35.0. The Morgan fingerprint density at radius 3 is 0.870 bits per heavy atom. The van der Waals surface area contributed by atoms with Crippen LogP contribution in [0.4, 0.5) is 17.1 Å². The van der Waals surface area contributed by atoms with Crippen LogP contribution in [0.5, 0.6) is 0 Å². The highest BCUT2D eigenvalue weighted by Crippen LogP contribution is 2.48. The van der Waals surface area contributed by atoms with Gasteiger partial charge in [-0.2, -0.15) is 3.89 Å². The van der Waals surface area contributed by atoms with Gasteiger partial charge >= 0.3 is 17.9 Å². The Bertz CT molecular complexity index is 4850. The minimum atomic E-state index is -0.948. The molecule has 6 aliphatic rings. The fourth-order valence-electron chi connectivity index (χ4n) is 15.6. The van der Waals surface area contributed by atoms with Gasteiger partial charge < -0.3 is 43.2 Å². The molecule has 3 N–H and O–H groups in total. The maximum absolute atomic E-state index is 13.8. The van der Waals surface area contributed by atoms with Crippen molar-refractivity contribution in [1.82, 2.24) is 13.7 Å². The number of rotatable bonds is 12. The van der Waals surface area contributed by atoms with E-state index in [-0.39, 0.29) is 86.3 Å². The molecule has 3 aromatic heterocycles. The van der Waals surface area contributed by atoms with E-state index in [2.05, 4.69) is 65.1 Å². The molecule has 9 aromatic carbocycles. The molecule has 0 aliphatic carbocycles. The largest absolute Gasteiger partial charge is 0.478 e. The zero-order chi connectivity index (χ0) is 72.4. The summed E-state index contributed by atoms with van der Waals surface area (Å²) in [6, 6.07) is 54.0. The Morgan fingerprint density at radius 1 is 0.398 bits per heavy atom.